The summed E-state index contributed by atoms with van der Waals surface area (Å²) in [6.07, 6.45) is -5.91. The van der Waals surface area contributed by atoms with Crippen LogP contribution in [0.5, 0.6) is 5.75 Å². The summed E-state index contributed by atoms with van der Waals surface area (Å²) in [5.41, 5.74) is 2.41. The van der Waals surface area contributed by atoms with Gasteiger partial charge in [-0.15, -0.1) is 11.3 Å². The van der Waals surface area contributed by atoms with E-state index in [-0.39, 0.29) is 5.75 Å². The van der Waals surface area contributed by atoms with Gasteiger partial charge in [-0.25, -0.2) is 0 Å². The number of nitrogens with zero attached hydrogens (tertiary/aromatic N) is 2. The Morgan fingerprint density at radius 2 is 1.81 bits per heavy atom. The lowest BCUT2D eigenvalue weighted by Gasteiger charge is -2.28. The highest BCUT2D eigenvalue weighted by Gasteiger charge is 2.73. The largest absolute Gasteiger partial charge is 0.487 e. The second-order valence-electron chi connectivity index (χ2n) is 6.00. The Morgan fingerprint density at radius 1 is 1.15 bits per heavy atom. The van der Waals surface area contributed by atoms with Crippen molar-refractivity contribution in [3.05, 3.63) is 33.4 Å². The number of fused-ring (bicyclic) bond motifs is 3. The SMILES string of the molecule is CN=c1sc2c(n1C)-c1ccc(OCC(F)(F)C(F)(F)C(F)(F)F)cc1C2. The molecule has 0 unspecified atom stereocenters. The van der Waals surface area contributed by atoms with Gasteiger partial charge >= 0.3 is 18.0 Å². The van der Waals surface area contributed by atoms with Gasteiger partial charge in [0, 0.05) is 31.0 Å². The van der Waals surface area contributed by atoms with Gasteiger partial charge in [0.1, 0.15) is 5.75 Å². The van der Waals surface area contributed by atoms with Gasteiger partial charge in [0.2, 0.25) is 0 Å². The first kappa shape index (κ1) is 19.7. The predicted molar refractivity (Wildman–Crippen MR) is 84.5 cm³/mol. The average Bonchev–Trinajstić information content (AvgIpc) is 3.07. The van der Waals surface area contributed by atoms with Crippen LogP contribution < -0.4 is 9.54 Å². The minimum Gasteiger partial charge on any atom is -0.487 e. The second-order valence-corrected chi connectivity index (χ2v) is 7.06. The summed E-state index contributed by atoms with van der Waals surface area (Å²) in [7, 11) is 3.46. The average molecular weight is 414 g/mol. The molecule has 1 heterocycles. The fraction of sp³-hybridized carbons (Fsp3) is 0.438. The lowest BCUT2D eigenvalue weighted by Crippen LogP contribution is -2.54. The van der Waals surface area contributed by atoms with E-state index in [0.717, 1.165) is 20.9 Å². The van der Waals surface area contributed by atoms with Crippen molar-refractivity contribution < 1.29 is 35.5 Å². The first-order chi connectivity index (χ1) is 12.4. The molecule has 0 spiro atoms. The zero-order valence-corrected chi connectivity index (χ0v) is 14.8. The third-order valence-electron chi connectivity index (χ3n) is 4.21. The highest BCUT2D eigenvalue weighted by atomic mass is 32.1. The van der Waals surface area contributed by atoms with Crippen LogP contribution in [0.1, 0.15) is 10.4 Å². The van der Waals surface area contributed by atoms with Crippen molar-refractivity contribution in [3.8, 4) is 17.0 Å². The van der Waals surface area contributed by atoms with Gasteiger partial charge in [0.05, 0.1) is 5.69 Å². The summed E-state index contributed by atoms with van der Waals surface area (Å²) < 4.78 is 95.5. The summed E-state index contributed by atoms with van der Waals surface area (Å²) in [6, 6.07) is 4.19. The van der Waals surface area contributed by atoms with E-state index in [2.05, 4.69) is 9.73 Å². The maximum atomic E-state index is 13.4. The van der Waals surface area contributed by atoms with Crippen molar-refractivity contribution in [2.45, 2.75) is 24.4 Å². The Morgan fingerprint density at radius 3 is 2.41 bits per heavy atom. The van der Waals surface area contributed by atoms with Gasteiger partial charge in [-0.1, -0.05) is 0 Å². The number of hydrogen-bond acceptors (Lipinski definition) is 3. The van der Waals surface area contributed by atoms with Crippen LogP contribution in [0.15, 0.2) is 23.2 Å². The Labute approximate surface area is 152 Å². The van der Waals surface area contributed by atoms with Crippen molar-refractivity contribution in [2.24, 2.45) is 12.0 Å². The quantitative estimate of drug-likeness (QED) is 0.582. The lowest BCUT2D eigenvalue weighted by molar-refractivity contribution is -0.358. The minimum atomic E-state index is -6.37. The molecule has 0 saturated heterocycles. The van der Waals surface area contributed by atoms with Gasteiger partial charge in [-0.3, -0.25) is 4.99 Å². The molecule has 1 aliphatic rings. The Hall–Kier alpha value is -2.04. The number of hydrogen-bond donors (Lipinski definition) is 0. The van der Waals surface area contributed by atoms with E-state index in [1.54, 1.807) is 13.1 Å². The molecule has 0 amide bonds. The van der Waals surface area contributed by atoms with Crippen LogP contribution in [0.3, 0.4) is 0 Å². The van der Waals surface area contributed by atoms with Gasteiger partial charge in [0.15, 0.2) is 11.4 Å². The van der Waals surface area contributed by atoms with Crippen LogP contribution in [0.25, 0.3) is 11.3 Å². The molecule has 27 heavy (non-hydrogen) atoms. The van der Waals surface area contributed by atoms with Crippen LogP contribution >= 0.6 is 11.3 Å². The molecule has 1 aliphatic carbocycles. The van der Waals surface area contributed by atoms with Crippen LogP contribution in [0.4, 0.5) is 30.7 Å². The summed E-state index contributed by atoms with van der Waals surface area (Å²) >= 11 is 1.45. The van der Waals surface area contributed by atoms with E-state index in [1.807, 2.05) is 11.6 Å². The number of thiazole rings is 1. The highest BCUT2D eigenvalue weighted by molar-refractivity contribution is 7.09. The molecule has 3 nitrogen and oxygen atoms in total. The number of alkyl halides is 7. The summed E-state index contributed by atoms with van der Waals surface area (Å²) in [5, 5.41) is 0. The molecule has 2 aromatic rings. The normalized spacial score (nSPS) is 15.1. The third-order valence-corrected chi connectivity index (χ3v) is 5.43. The maximum Gasteiger partial charge on any atom is 0.460 e. The van der Waals surface area contributed by atoms with Crippen molar-refractivity contribution in [1.29, 1.82) is 0 Å². The third kappa shape index (κ3) is 3.11. The second kappa shape index (κ2) is 6.25. The van der Waals surface area contributed by atoms with E-state index in [9.17, 15) is 30.7 Å². The summed E-state index contributed by atoms with van der Waals surface area (Å²) in [6.45, 7) is -2.09. The van der Waals surface area contributed by atoms with Crippen molar-refractivity contribution in [3.63, 3.8) is 0 Å². The zero-order chi connectivity index (χ0) is 20.2. The van der Waals surface area contributed by atoms with Crippen molar-refractivity contribution in [2.75, 3.05) is 13.7 Å². The minimum absolute atomic E-state index is 0.204. The first-order valence-electron chi connectivity index (χ1n) is 7.59. The van der Waals surface area contributed by atoms with Gasteiger partial charge in [0.25, 0.3) is 0 Å². The number of aromatic nitrogens is 1. The molecule has 0 radical (unpaired) electrons. The van der Waals surface area contributed by atoms with E-state index < -0.39 is 24.6 Å². The van der Waals surface area contributed by atoms with Crippen molar-refractivity contribution >= 4 is 11.3 Å². The molecule has 0 bridgehead atoms. The van der Waals surface area contributed by atoms with Crippen molar-refractivity contribution in [1.82, 2.24) is 4.57 Å². The molecular weight excluding hydrogens is 401 g/mol. The molecular formula is C16H13F7N2OS. The summed E-state index contributed by atoms with van der Waals surface area (Å²) in [4.78, 5) is 5.91. The highest BCUT2D eigenvalue weighted by Crippen LogP contribution is 2.47. The Bertz CT molecular complexity index is 943. The number of rotatable bonds is 4. The molecule has 0 fully saturated rings. The van der Waals surface area contributed by atoms with Crippen LogP contribution in [-0.4, -0.2) is 36.2 Å². The van der Waals surface area contributed by atoms with Gasteiger partial charge in [-0.05, 0) is 23.8 Å². The fourth-order valence-electron chi connectivity index (χ4n) is 2.84. The van der Waals surface area contributed by atoms with Crippen LogP contribution in [-0.2, 0) is 13.5 Å². The van der Waals surface area contributed by atoms with Gasteiger partial charge in [-0.2, -0.15) is 30.7 Å². The molecule has 0 saturated carbocycles. The van der Waals surface area contributed by atoms with E-state index in [0.29, 0.717) is 12.0 Å². The van der Waals surface area contributed by atoms with Gasteiger partial charge < -0.3 is 9.30 Å². The zero-order valence-electron chi connectivity index (χ0n) is 14.0. The number of halogens is 7. The fourth-order valence-corrected chi connectivity index (χ4v) is 3.95. The van der Waals surface area contributed by atoms with E-state index in [1.165, 1.54) is 23.5 Å². The monoisotopic (exact) mass is 414 g/mol. The molecule has 0 atom stereocenters. The standard InChI is InChI=1S/C16H13F7N2OS/c1-24-13-25(2)12-10-4-3-9(5-8(10)6-11(12)27-13)26-7-14(17,18)15(19,20)16(21,22)23/h3-5H,6-7H2,1-2H3. The molecule has 11 heteroatoms. The molecule has 1 aromatic carbocycles. The Balaban J connectivity index is 1.81. The molecule has 148 valence electrons. The number of ether oxygens (including phenoxy) is 1. The topological polar surface area (TPSA) is 26.5 Å². The molecule has 3 rings (SSSR count). The molecule has 0 aliphatic heterocycles. The predicted octanol–water partition coefficient (Wildman–Crippen LogP) is 4.40. The first-order valence-corrected chi connectivity index (χ1v) is 8.40. The summed E-state index contributed by atoms with van der Waals surface area (Å²) in [5.74, 6) is -11.8. The smallest absolute Gasteiger partial charge is 0.460 e. The molecule has 0 N–H and O–H groups in total. The lowest BCUT2D eigenvalue weighted by atomic mass is 10.1. The van der Waals surface area contributed by atoms with E-state index >= 15 is 0 Å². The Kier molecular flexibility index (Phi) is 4.56. The molecule has 1 aromatic heterocycles. The van der Waals surface area contributed by atoms with Crippen LogP contribution in [0.2, 0.25) is 0 Å². The number of benzene rings is 1. The van der Waals surface area contributed by atoms with E-state index in [4.69, 9.17) is 0 Å². The maximum absolute atomic E-state index is 13.4. The van der Waals surface area contributed by atoms with Crippen LogP contribution in [0, 0.1) is 0 Å².